The van der Waals surface area contributed by atoms with Crippen molar-refractivity contribution in [2.24, 2.45) is 0 Å². The van der Waals surface area contributed by atoms with Gasteiger partial charge in [0.1, 0.15) is 0 Å². The molecule has 4 nitrogen and oxygen atoms in total. The van der Waals surface area contributed by atoms with Gasteiger partial charge in [0.25, 0.3) is 0 Å². The van der Waals surface area contributed by atoms with Crippen molar-refractivity contribution in [1.29, 1.82) is 0 Å². The molecular formula is C12H12ClNO3. The maximum absolute atomic E-state index is 11.6. The zero-order valence-electron chi connectivity index (χ0n) is 9.33. The first kappa shape index (κ1) is 13.3. The average molecular weight is 254 g/mol. The van der Waals surface area contributed by atoms with Crippen LogP contribution in [0, 0.1) is 0 Å². The van der Waals surface area contributed by atoms with Crippen LogP contribution in [-0.2, 0) is 14.3 Å². The fourth-order valence-electron chi connectivity index (χ4n) is 1.17. The summed E-state index contributed by atoms with van der Waals surface area (Å²) in [6.07, 6.45) is -0.127. The van der Waals surface area contributed by atoms with Crippen molar-refractivity contribution in [2.75, 3.05) is 12.4 Å². The summed E-state index contributed by atoms with van der Waals surface area (Å²) in [7, 11) is 1.24. The van der Waals surface area contributed by atoms with Crippen LogP contribution in [0.5, 0.6) is 0 Å². The third kappa shape index (κ3) is 3.92. The van der Waals surface area contributed by atoms with Gasteiger partial charge < -0.3 is 10.1 Å². The number of carbonyl (C=O) groups excluding carboxylic acids is 2. The molecule has 1 amide bonds. The Balaban J connectivity index is 2.59. The number of benzene rings is 1. The summed E-state index contributed by atoms with van der Waals surface area (Å²) in [6, 6.07) is 6.83. The Labute approximate surface area is 104 Å². The monoisotopic (exact) mass is 253 g/mol. The zero-order valence-corrected chi connectivity index (χ0v) is 10.1. The summed E-state index contributed by atoms with van der Waals surface area (Å²) in [4.78, 5) is 22.6. The fraction of sp³-hybridized carbons (Fsp3) is 0.167. The number of ether oxygens (including phenoxy) is 1. The first-order chi connectivity index (χ1) is 8.04. The second-order valence-electron chi connectivity index (χ2n) is 3.30. The Morgan fingerprint density at radius 3 is 2.65 bits per heavy atom. The number of amides is 1. The van der Waals surface area contributed by atoms with Gasteiger partial charge in [0.2, 0.25) is 5.91 Å². The van der Waals surface area contributed by atoms with Crippen molar-refractivity contribution in [3.8, 4) is 0 Å². The number of rotatable bonds is 4. The minimum Gasteiger partial charge on any atom is -0.466 e. The maximum atomic E-state index is 11.6. The Morgan fingerprint density at radius 2 is 2.06 bits per heavy atom. The lowest BCUT2D eigenvalue weighted by molar-refractivity contribution is -0.136. The van der Waals surface area contributed by atoms with Crippen LogP contribution in [0.25, 0.3) is 0 Å². The third-order valence-electron chi connectivity index (χ3n) is 2.00. The normalized spacial score (nSPS) is 9.53. The van der Waals surface area contributed by atoms with Gasteiger partial charge in [0.15, 0.2) is 0 Å². The first-order valence-corrected chi connectivity index (χ1v) is 5.23. The van der Waals surface area contributed by atoms with Gasteiger partial charge in [-0.25, -0.2) is 4.79 Å². The molecule has 0 bridgehead atoms. The maximum Gasteiger partial charge on any atom is 0.333 e. The fourth-order valence-corrected chi connectivity index (χ4v) is 1.35. The molecule has 1 aromatic rings. The summed E-state index contributed by atoms with van der Waals surface area (Å²) in [5.74, 6) is -0.965. The number of halogens is 1. The summed E-state index contributed by atoms with van der Waals surface area (Å²) in [5.41, 5.74) is 0.592. The van der Waals surface area contributed by atoms with Crippen LogP contribution in [0.4, 0.5) is 5.69 Å². The molecular weight excluding hydrogens is 242 g/mol. The minimum absolute atomic E-state index is 0.0945. The number of anilines is 1. The highest BCUT2D eigenvalue weighted by molar-refractivity contribution is 6.33. The topological polar surface area (TPSA) is 55.4 Å². The van der Waals surface area contributed by atoms with Crippen LogP contribution in [0.3, 0.4) is 0 Å². The lowest BCUT2D eigenvalue weighted by Gasteiger charge is -2.07. The SMILES string of the molecule is C=C(CC(=O)Nc1ccccc1Cl)C(=O)OC. The smallest absolute Gasteiger partial charge is 0.333 e. The van der Waals surface area contributed by atoms with Crippen LogP contribution in [0.15, 0.2) is 36.4 Å². The van der Waals surface area contributed by atoms with E-state index in [1.807, 2.05) is 0 Å². The first-order valence-electron chi connectivity index (χ1n) is 4.85. The van der Waals surface area contributed by atoms with E-state index in [2.05, 4.69) is 16.6 Å². The van der Waals surface area contributed by atoms with Gasteiger partial charge in [-0.1, -0.05) is 30.3 Å². The van der Waals surface area contributed by atoms with Crippen LogP contribution >= 0.6 is 11.6 Å². The number of methoxy groups -OCH3 is 1. The lowest BCUT2D eigenvalue weighted by atomic mass is 10.2. The van der Waals surface area contributed by atoms with Crippen LogP contribution in [-0.4, -0.2) is 19.0 Å². The largest absolute Gasteiger partial charge is 0.466 e. The number of nitrogens with one attached hydrogen (secondary N) is 1. The van der Waals surface area contributed by atoms with E-state index in [-0.39, 0.29) is 17.9 Å². The summed E-state index contributed by atoms with van der Waals surface area (Å²) in [5, 5.41) is 3.02. The molecule has 0 fully saturated rings. The molecule has 0 saturated carbocycles. The molecule has 0 saturated heterocycles. The summed E-state index contributed by atoms with van der Waals surface area (Å²) >= 11 is 5.87. The highest BCUT2D eigenvalue weighted by atomic mass is 35.5. The van der Waals surface area contributed by atoms with E-state index in [0.29, 0.717) is 10.7 Å². The molecule has 1 N–H and O–H groups in total. The van der Waals surface area contributed by atoms with Crippen molar-refractivity contribution in [1.82, 2.24) is 0 Å². The standard InChI is InChI=1S/C12H12ClNO3/c1-8(12(16)17-2)7-11(15)14-10-6-4-3-5-9(10)13/h3-6H,1,7H2,2H3,(H,14,15). The number of carbonyl (C=O) groups is 2. The van der Waals surface area contributed by atoms with Crippen LogP contribution in [0.2, 0.25) is 5.02 Å². The molecule has 0 radical (unpaired) electrons. The van der Waals surface area contributed by atoms with E-state index < -0.39 is 5.97 Å². The third-order valence-corrected chi connectivity index (χ3v) is 2.33. The summed E-state index contributed by atoms with van der Waals surface area (Å²) in [6.45, 7) is 3.46. The molecule has 5 heteroatoms. The Kier molecular flexibility index (Phi) is 4.72. The van der Waals surface area contributed by atoms with Crippen molar-refractivity contribution in [3.63, 3.8) is 0 Å². The van der Waals surface area contributed by atoms with Crippen molar-refractivity contribution >= 4 is 29.2 Å². The van der Waals surface area contributed by atoms with Gasteiger partial charge in [-0.2, -0.15) is 0 Å². The lowest BCUT2D eigenvalue weighted by Crippen LogP contribution is -2.16. The van der Waals surface area contributed by atoms with Gasteiger partial charge >= 0.3 is 5.97 Å². The quantitative estimate of drug-likeness (QED) is 0.662. The predicted molar refractivity (Wildman–Crippen MR) is 65.9 cm³/mol. The average Bonchev–Trinajstić information content (AvgIpc) is 2.31. The highest BCUT2D eigenvalue weighted by Crippen LogP contribution is 2.20. The van der Waals surface area contributed by atoms with E-state index in [9.17, 15) is 9.59 Å². The molecule has 1 rings (SSSR count). The Morgan fingerprint density at radius 1 is 1.41 bits per heavy atom. The van der Waals surface area contributed by atoms with Gasteiger partial charge in [-0.3, -0.25) is 4.79 Å². The van der Waals surface area contributed by atoms with Crippen molar-refractivity contribution in [3.05, 3.63) is 41.4 Å². The summed E-state index contributed by atoms with van der Waals surface area (Å²) < 4.78 is 4.44. The van der Waals surface area contributed by atoms with Crippen molar-refractivity contribution < 1.29 is 14.3 Å². The molecule has 0 aliphatic heterocycles. The number of hydrogen-bond acceptors (Lipinski definition) is 3. The Hall–Kier alpha value is -1.81. The second kappa shape index (κ2) is 6.06. The van der Waals surface area contributed by atoms with Crippen LogP contribution in [0.1, 0.15) is 6.42 Å². The highest BCUT2D eigenvalue weighted by Gasteiger charge is 2.12. The molecule has 1 aromatic carbocycles. The van der Waals surface area contributed by atoms with Crippen LogP contribution < -0.4 is 5.32 Å². The molecule has 0 atom stereocenters. The van der Waals surface area contributed by atoms with E-state index in [4.69, 9.17) is 11.6 Å². The van der Waals surface area contributed by atoms with Gasteiger partial charge in [-0.15, -0.1) is 0 Å². The molecule has 0 spiro atoms. The van der Waals surface area contributed by atoms with Gasteiger partial charge in [0.05, 0.1) is 24.2 Å². The van der Waals surface area contributed by atoms with E-state index in [1.165, 1.54) is 7.11 Å². The molecule has 90 valence electrons. The van der Waals surface area contributed by atoms with E-state index in [1.54, 1.807) is 24.3 Å². The van der Waals surface area contributed by atoms with Gasteiger partial charge in [-0.05, 0) is 12.1 Å². The molecule has 0 aliphatic carbocycles. The molecule has 0 heterocycles. The molecule has 17 heavy (non-hydrogen) atoms. The van der Waals surface area contributed by atoms with E-state index >= 15 is 0 Å². The number of hydrogen-bond donors (Lipinski definition) is 1. The number of para-hydroxylation sites is 1. The van der Waals surface area contributed by atoms with Gasteiger partial charge in [0, 0.05) is 5.57 Å². The minimum atomic E-state index is -0.598. The molecule has 0 aromatic heterocycles. The Bertz CT molecular complexity index is 457. The molecule has 0 unspecified atom stereocenters. The van der Waals surface area contributed by atoms with Crippen molar-refractivity contribution in [2.45, 2.75) is 6.42 Å². The molecule has 0 aliphatic rings. The number of esters is 1. The second-order valence-corrected chi connectivity index (χ2v) is 3.71. The van der Waals surface area contributed by atoms with E-state index in [0.717, 1.165) is 0 Å². The predicted octanol–water partition coefficient (Wildman–Crippen LogP) is 2.40. The zero-order chi connectivity index (χ0) is 12.8.